The molecule has 0 atom stereocenters. The standard InChI is InChI=1S/C8H18OSi2.C5H8N2.Pt/c1-7-10(3,4)9-11(5,6)8-2;1-6-3-4-7(2)5-6;/h7-8H,1-2H2,3-6H3;3-4H,1-2H3;. The second kappa shape index (κ2) is 7.53. The SMILES string of the molecule is C=C[Si](C)(C)O[Si](C)(C)C=C.Cn1ccn(C)[c]1=[Pt]. The van der Waals surface area contributed by atoms with Crippen molar-refractivity contribution in [1.29, 1.82) is 0 Å². The van der Waals surface area contributed by atoms with E-state index in [4.69, 9.17) is 4.12 Å². The molecule has 1 aromatic heterocycles. The van der Waals surface area contributed by atoms with Crippen molar-refractivity contribution in [2.45, 2.75) is 26.2 Å². The second-order valence-corrected chi connectivity index (χ2v) is 14.5. The normalized spacial score (nSPS) is 11.6. The van der Waals surface area contributed by atoms with Crippen LogP contribution in [0.25, 0.3) is 0 Å². The number of hydrogen-bond acceptors (Lipinski definition) is 1. The first-order valence-electron chi connectivity index (χ1n) is 6.15. The van der Waals surface area contributed by atoms with Crippen LogP contribution in [0.4, 0.5) is 0 Å². The van der Waals surface area contributed by atoms with Crippen molar-refractivity contribution in [1.82, 2.24) is 9.13 Å². The number of aromatic nitrogens is 2. The molecular formula is C13H26N2OPtSi2. The summed E-state index contributed by atoms with van der Waals surface area (Å²) in [6, 6.07) is 0. The second-order valence-electron chi connectivity index (χ2n) is 5.48. The molecule has 0 aliphatic heterocycles. The Labute approximate surface area is 130 Å². The number of aryl methyl sites for hydroxylation is 2. The summed E-state index contributed by atoms with van der Waals surface area (Å²) in [5.41, 5.74) is 3.93. The zero-order valence-electron chi connectivity index (χ0n) is 12.8. The van der Waals surface area contributed by atoms with Gasteiger partial charge in [0.15, 0.2) is 16.6 Å². The van der Waals surface area contributed by atoms with E-state index in [1.165, 1.54) is 3.80 Å². The first-order valence-corrected chi connectivity index (χ1v) is 13.3. The van der Waals surface area contributed by atoms with E-state index >= 15 is 0 Å². The number of imidazole rings is 1. The van der Waals surface area contributed by atoms with Gasteiger partial charge in [-0.2, -0.15) is 0 Å². The van der Waals surface area contributed by atoms with Crippen molar-refractivity contribution in [2.75, 3.05) is 0 Å². The molecule has 0 saturated heterocycles. The van der Waals surface area contributed by atoms with Gasteiger partial charge in [0, 0.05) is 0 Å². The molecule has 0 unspecified atom stereocenters. The molecule has 1 aromatic rings. The first-order chi connectivity index (χ1) is 8.54. The van der Waals surface area contributed by atoms with Crippen molar-refractivity contribution in [2.24, 2.45) is 14.1 Å². The monoisotopic (exact) mass is 477 g/mol. The van der Waals surface area contributed by atoms with Gasteiger partial charge in [-0.15, -0.1) is 13.2 Å². The molecule has 0 N–H and O–H groups in total. The summed E-state index contributed by atoms with van der Waals surface area (Å²) in [4.78, 5) is 0. The summed E-state index contributed by atoms with van der Waals surface area (Å²) in [6.45, 7) is 16.2. The third-order valence-electron chi connectivity index (χ3n) is 2.56. The number of nitrogens with zero attached hydrogens (tertiary/aromatic N) is 2. The van der Waals surface area contributed by atoms with Crippen LogP contribution in [0.3, 0.4) is 0 Å². The third-order valence-corrected chi connectivity index (χ3v) is 10.3. The van der Waals surface area contributed by atoms with Crippen molar-refractivity contribution >= 4 is 16.6 Å². The summed E-state index contributed by atoms with van der Waals surface area (Å²) < 4.78 is 11.3. The molecule has 19 heavy (non-hydrogen) atoms. The van der Waals surface area contributed by atoms with E-state index in [1.54, 1.807) is 0 Å². The van der Waals surface area contributed by atoms with Crippen molar-refractivity contribution in [3.8, 4) is 0 Å². The Balaban J connectivity index is 0.000000356. The van der Waals surface area contributed by atoms with Crippen LogP contribution in [0.1, 0.15) is 0 Å². The summed E-state index contributed by atoms with van der Waals surface area (Å²) >= 11 is 2.27. The maximum atomic E-state index is 5.97. The van der Waals surface area contributed by atoms with Crippen molar-refractivity contribution < 1.29 is 23.5 Å². The van der Waals surface area contributed by atoms with E-state index < -0.39 is 16.6 Å². The van der Waals surface area contributed by atoms with E-state index in [1.807, 2.05) is 37.9 Å². The van der Waals surface area contributed by atoms with Gasteiger partial charge in [-0.05, 0) is 26.2 Å². The summed E-state index contributed by atoms with van der Waals surface area (Å²) in [5.74, 6) is 0. The van der Waals surface area contributed by atoms with Crippen LogP contribution >= 0.6 is 0 Å². The minimum absolute atomic E-state index is 1.24. The zero-order chi connectivity index (χ0) is 15.3. The first kappa shape index (κ1) is 18.8. The summed E-state index contributed by atoms with van der Waals surface area (Å²) in [5, 5.41) is 0. The molecule has 112 valence electrons. The van der Waals surface area contributed by atoms with E-state index in [-0.39, 0.29) is 0 Å². The van der Waals surface area contributed by atoms with E-state index in [9.17, 15) is 0 Å². The Kier molecular flexibility index (Phi) is 7.44. The molecule has 1 heterocycles. The topological polar surface area (TPSA) is 19.1 Å². The Bertz CT molecular complexity index is 449. The predicted molar refractivity (Wildman–Crippen MR) is 84.1 cm³/mol. The van der Waals surface area contributed by atoms with Gasteiger partial charge in [0.2, 0.25) is 0 Å². The van der Waals surface area contributed by atoms with Gasteiger partial charge >= 0.3 is 58.8 Å². The van der Waals surface area contributed by atoms with Gasteiger partial charge in [0.05, 0.1) is 0 Å². The Morgan fingerprint density at radius 2 is 1.32 bits per heavy atom. The van der Waals surface area contributed by atoms with Gasteiger partial charge in [-0.25, -0.2) is 0 Å². The van der Waals surface area contributed by atoms with Crippen molar-refractivity contribution in [3.05, 3.63) is 40.8 Å². The van der Waals surface area contributed by atoms with E-state index in [0.29, 0.717) is 0 Å². The fraction of sp³-hybridized carbons (Fsp3) is 0.462. The average Bonchev–Trinajstić information content (AvgIpc) is 2.60. The summed E-state index contributed by atoms with van der Waals surface area (Å²) in [6.07, 6.45) is 4.06. The third kappa shape index (κ3) is 7.20. The van der Waals surface area contributed by atoms with Crippen LogP contribution < -0.4 is 0 Å². The summed E-state index contributed by atoms with van der Waals surface area (Å²) in [7, 11) is 0.902. The Morgan fingerprint density at radius 3 is 1.47 bits per heavy atom. The van der Waals surface area contributed by atoms with Gasteiger partial charge in [0.25, 0.3) is 0 Å². The Morgan fingerprint density at radius 1 is 1.00 bits per heavy atom. The molecule has 0 bridgehead atoms. The fourth-order valence-corrected chi connectivity index (χ4v) is 7.75. The fourth-order valence-electron chi connectivity index (χ4n) is 1.32. The van der Waals surface area contributed by atoms with Gasteiger partial charge in [0.1, 0.15) is 0 Å². The van der Waals surface area contributed by atoms with Crippen LogP contribution in [-0.4, -0.2) is 25.8 Å². The molecule has 3 nitrogen and oxygen atoms in total. The average molecular weight is 478 g/mol. The minimum atomic E-state index is -1.58. The van der Waals surface area contributed by atoms with E-state index in [2.05, 4.69) is 67.8 Å². The van der Waals surface area contributed by atoms with Gasteiger partial charge < -0.3 is 4.12 Å². The van der Waals surface area contributed by atoms with E-state index in [0.717, 1.165) is 0 Å². The van der Waals surface area contributed by atoms with Crippen LogP contribution in [0.15, 0.2) is 37.0 Å². The maximum absolute atomic E-state index is 5.97. The van der Waals surface area contributed by atoms with Crippen LogP contribution in [-0.2, 0) is 37.6 Å². The van der Waals surface area contributed by atoms with Crippen LogP contribution in [0.5, 0.6) is 0 Å². The molecule has 1 rings (SSSR count). The molecule has 0 radical (unpaired) electrons. The van der Waals surface area contributed by atoms with Crippen molar-refractivity contribution in [3.63, 3.8) is 0 Å². The number of hydrogen-bond donors (Lipinski definition) is 0. The molecular weight excluding hydrogens is 451 g/mol. The molecule has 6 heteroatoms. The molecule has 0 amide bonds. The van der Waals surface area contributed by atoms with Gasteiger partial charge in [-0.1, -0.05) is 11.4 Å². The van der Waals surface area contributed by atoms with Crippen LogP contribution in [0, 0.1) is 3.80 Å². The molecule has 0 saturated carbocycles. The van der Waals surface area contributed by atoms with Crippen LogP contribution in [0.2, 0.25) is 26.2 Å². The van der Waals surface area contributed by atoms with Gasteiger partial charge in [-0.3, -0.25) is 0 Å². The molecule has 0 fully saturated rings. The molecule has 0 aliphatic carbocycles. The Hall–Kier alpha value is -0.228. The zero-order valence-corrected chi connectivity index (χ0v) is 17.1. The quantitative estimate of drug-likeness (QED) is 0.609. The molecule has 0 spiro atoms. The molecule has 0 aromatic carbocycles. The predicted octanol–water partition coefficient (Wildman–Crippen LogP) is 3.31. The molecule has 0 aliphatic rings. The number of rotatable bonds is 4.